The van der Waals surface area contributed by atoms with Crippen molar-refractivity contribution in [1.82, 2.24) is 5.06 Å². The summed E-state index contributed by atoms with van der Waals surface area (Å²) in [6.45, 7) is 7.72. The Morgan fingerprint density at radius 3 is 2.37 bits per heavy atom. The molecule has 4 aliphatic rings. The Morgan fingerprint density at radius 2 is 1.71 bits per heavy atom. The molecule has 4 saturated heterocycles. The largest absolute Gasteiger partial charge is 0.435 e. The predicted molar refractivity (Wildman–Crippen MR) is 122 cm³/mol. The lowest BCUT2D eigenvalue weighted by Gasteiger charge is -2.32. The number of rotatable bonds is 4. The molecule has 1 unspecified atom stereocenters. The highest BCUT2D eigenvalue weighted by atomic mass is 32.1. The third kappa shape index (κ3) is 4.05. The van der Waals surface area contributed by atoms with Crippen LogP contribution >= 0.6 is 11.3 Å². The van der Waals surface area contributed by atoms with Gasteiger partial charge < -0.3 is 28.5 Å². The SMILES string of the molecule is CC1(C)O[C@@H]2[C@H](O1)[C@H](N1OC(=O)N(c3ccc(F)cc3)C1c1cccs1)O[C@@H]2[C@H]1COC(C)(C)O1. The van der Waals surface area contributed by atoms with Gasteiger partial charge in [0.1, 0.15) is 30.2 Å². The normalized spacial score (nSPS) is 36.0. The van der Waals surface area contributed by atoms with Crippen LogP contribution in [-0.4, -0.2) is 60.0 Å². The maximum Gasteiger partial charge on any atom is 0.435 e. The van der Waals surface area contributed by atoms with E-state index in [-0.39, 0.29) is 6.10 Å². The number of carbonyl (C=O) groups excluding carboxylic acids is 1. The number of hydrogen-bond donors (Lipinski definition) is 0. The molecule has 0 N–H and O–H groups in total. The molecule has 0 aliphatic carbocycles. The first kappa shape index (κ1) is 23.3. The molecule has 0 radical (unpaired) electrons. The molecule has 0 bridgehead atoms. The summed E-state index contributed by atoms with van der Waals surface area (Å²) >= 11 is 1.48. The van der Waals surface area contributed by atoms with Crippen molar-refractivity contribution in [2.24, 2.45) is 0 Å². The van der Waals surface area contributed by atoms with E-state index in [0.717, 1.165) is 4.88 Å². The highest BCUT2D eigenvalue weighted by Gasteiger charge is 2.63. The minimum Gasteiger partial charge on any atom is -0.348 e. The number of thiophene rings is 1. The lowest BCUT2D eigenvalue weighted by molar-refractivity contribution is -0.269. The molecule has 1 aromatic carbocycles. The van der Waals surface area contributed by atoms with Crippen molar-refractivity contribution in [1.29, 1.82) is 0 Å². The van der Waals surface area contributed by atoms with Crippen molar-refractivity contribution in [2.75, 3.05) is 11.5 Å². The van der Waals surface area contributed by atoms with Gasteiger partial charge in [-0.1, -0.05) is 11.1 Å². The lowest BCUT2D eigenvalue weighted by Crippen LogP contribution is -2.45. The molecular weight excluding hydrogens is 479 g/mol. The third-order valence-corrected chi connectivity index (χ3v) is 7.39. The van der Waals surface area contributed by atoms with Crippen molar-refractivity contribution in [3.8, 4) is 0 Å². The maximum atomic E-state index is 13.6. The molecular formula is C24H27FN2O7S. The van der Waals surface area contributed by atoms with Gasteiger partial charge >= 0.3 is 6.09 Å². The highest BCUT2D eigenvalue weighted by Crippen LogP contribution is 2.48. The zero-order valence-corrected chi connectivity index (χ0v) is 20.6. The van der Waals surface area contributed by atoms with Crippen LogP contribution in [0.25, 0.3) is 0 Å². The van der Waals surface area contributed by atoms with Crippen LogP contribution in [0.5, 0.6) is 0 Å². The lowest BCUT2D eigenvalue weighted by atomic mass is 10.1. The van der Waals surface area contributed by atoms with Crippen molar-refractivity contribution in [2.45, 2.75) is 76.1 Å². The van der Waals surface area contributed by atoms with Crippen LogP contribution in [0.2, 0.25) is 0 Å². The number of carbonyl (C=O) groups is 1. The second kappa shape index (κ2) is 8.20. The number of fused-ring (bicyclic) bond motifs is 1. The molecule has 0 spiro atoms. The Hall–Kier alpha value is -2.12. The molecule has 1 amide bonds. The van der Waals surface area contributed by atoms with Gasteiger partial charge in [-0.05, 0) is 63.4 Å². The molecule has 6 atom stereocenters. The summed E-state index contributed by atoms with van der Waals surface area (Å²) in [6, 6.07) is 9.53. The first-order valence-electron chi connectivity index (χ1n) is 11.5. The molecule has 5 heterocycles. The number of hydrogen-bond acceptors (Lipinski definition) is 9. The predicted octanol–water partition coefficient (Wildman–Crippen LogP) is 4.16. The fraction of sp³-hybridized carbons (Fsp3) is 0.542. The van der Waals surface area contributed by atoms with E-state index in [1.807, 2.05) is 45.2 Å². The van der Waals surface area contributed by atoms with E-state index in [9.17, 15) is 9.18 Å². The van der Waals surface area contributed by atoms with Gasteiger partial charge in [-0.2, -0.15) is 0 Å². The molecule has 188 valence electrons. The number of anilines is 1. The van der Waals surface area contributed by atoms with E-state index in [2.05, 4.69) is 0 Å². The van der Waals surface area contributed by atoms with Crippen LogP contribution in [0.1, 0.15) is 38.7 Å². The van der Waals surface area contributed by atoms with Crippen LogP contribution in [-0.2, 0) is 28.5 Å². The molecule has 35 heavy (non-hydrogen) atoms. The van der Waals surface area contributed by atoms with Crippen molar-refractivity contribution < 1.29 is 37.7 Å². The molecule has 11 heteroatoms. The Morgan fingerprint density at radius 1 is 0.971 bits per heavy atom. The number of halogens is 1. The summed E-state index contributed by atoms with van der Waals surface area (Å²) in [5, 5.41) is 3.44. The van der Waals surface area contributed by atoms with Gasteiger partial charge in [0, 0.05) is 10.6 Å². The number of ether oxygens (including phenoxy) is 5. The van der Waals surface area contributed by atoms with E-state index in [0.29, 0.717) is 12.3 Å². The molecule has 9 nitrogen and oxygen atoms in total. The van der Waals surface area contributed by atoms with Gasteiger partial charge in [0.2, 0.25) is 0 Å². The third-order valence-electron chi connectivity index (χ3n) is 6.48. The molecule has 4 fully saturated rings. The first-order valence-corrected chi connectivity index (χ1v) is 12.4. The summed E-state index contributed by atoms with van der Waals surface area (Å²) in [7, 11) is 0. The quantitative estimate of drug-likeness (QED) is 0.612. The maximum absolute atomic E-state index is 13.6. The van der Waals surface area contributed by atoms with Gasteiger partial charge in [0.15, 0.2) is 24.0 Å². The Labute approximate surface area is 206 Å². The van der Waals surface area contributed by atoms with E-state index < -0.39 is 54.2 Å². The average molecular weight is 507 g/mol. The zero-order valence-electron chi connectivity index (χ0n) is 19.8. The van der Waals surface area contributed by atoms with Crippen LogP contribution in [0.15, 0.2) is 41.8 Å². The number of nitrogens with zero attached hydrogens (tertiary/aromatic N) is 2. The summed E-state index contributed by atoms with van der Waals surface area (Å²) in [6.07, 6.45) is -3.92. The topological polar surface area (TPSA) is 78.9 Å². The fourth-order valence-corrected chi connectivity index (χ4v) is 5.92. The molecule has 2 aromatic rings. The van der Waals surface area contributed by atoms with Crippen LogP contribution < -0.4 is 4.90 Å². The second-order valence-corrected chi connectivity index (χ2v) is 10.9. The minimum atomic E-state index is -0.858. The fourth-order valence-electron chi connectivity index (χ4n) is 5.12. The minimum absolute atomic E-state index is 0.341. The number of hydroxylamine groups is 2. The second-order valence-electron chi connectivity index (χ2n) is 9.88. The molecule has 1 aromatic heterocycles. The zero-order chi connectivity index (χ0) is 24.5. The summed E-state index contributed by atoms with van der Waals surface area (Å²) in [5.41, 5.74) is 0.501. The van der Waals surface area contributed by atoms with Crippen molar-refractivity contribution in [3.05, 3.63) is 52.5 Å². The highest BCUT2D eigenvalue weighted by molar-refractivity contribution is 7.10. The average Bonchev–Trinajstić information content (AvgIpc) is 3.58. The summed E-state index contributed by atoms with van der Waals surface area (Å²) in [4.78, 5) is 21.3. The Bertz CT molecular complexity index is 1100. The van der Waals surface area contributed by atoms with E-state index in [4.69, 9.17) is 28.5 Å². The van der Waals surface area contributed by atoms with E-state index in [1.165, 1.54) is 33.4 Å². The van der Waals surface area contributed by atoms with Gasteiger partial charge in [-0.3, -0.25) is 4.90 Å². The van der Waals surface area contributed by atoms with Crippen LogP contribution in [0.3, 0.4) is 0 Å². The summed E-state index contributed by atoms with van der Waals surface area (Å²) < 4.78 is 44.4. The Kier molecular flexibility index (Phi) is 5.46. The molecule has 6 rings (SSSR count). The Balaban J connectivity index is 1.36. The molecule has 4 aliphatic heterocycles. The van der Waals surface area contributed by atoms with Crippen LogP contribution in [0, 0.1) is 5.82 Å². The van der Waals surface area contributed by atoms with Crippen molar-refractivity contribution >= 4 is 23.1 Å². The summed E-state index contributed by atoms with van der Waals surface area (Å²) in [5.74, 6) is -1.99. The number of benzene rings is 1. The smallest absolute Gasteiger partial charge is 0.348 e. The van der Waals surface area contributed by atoms with Gasteiger partial charge in [0.05, 0.1) is 6.61 Å². The molecule has 0 saturated carbocycles. The number of amides is 1. The van der Waals surface area contributed by atoms with Gasteiger partial charge in [0.25, 0.3) is 0 Å². The van der Waals surface area contributed by atoms with Gasteiger partial charge in [-0.25, -0.2) is 9.18 Å². The van der Waals surface area contributed by atoms with Crippen molar-refractivity contribution in [3.63, 3.8) is 0 Å². The standard InChI is InChI=1S/C24H27FN2O7S/c1-23(2)29-12-15(31-23)17-18-19(33-24(3,4)32-18)21(30-17)27-20(16-6-5-11-35-16)26(22(28)34-27)14-9-7-13(25)8-10-14/h5-11,15,17-21H,12H2,1-4H3/t15-,17-,18+,19+,20?,21-/m1/s1. The van der Waals surface area contributed by atoms with E-state index in [1.54, 1.807) is 12.1 Å². The van der Waals surface area contributed by atoms with E-state index >= 15 is 0 Å². The van der Waals surface area contributed by atoms with Crippen LogP contribution in [0.4, 0.5) is 14.9 Å². The first-order chi connectivity index (χ1) is 16.6. The monoisotopic (exact) mass is 506 g/mol. The van der Waals surface area contributed by atoms with Gasteiger partial charge in [-0.15, -0.1) is 11.3 Å².